The highest BCUT2D eigenvalue weighted by Gasteiger charge is 2.58. The van der Waals surface area contributed by atoms with Crippen LogP contribution in [0.4, 0.5) is 5.69 Å². The van der Waals surface area contributed by atoms with Crippen LogP contribution in [-0.4, -0.2) is 48.2 Å². The molecule has 0 aliphatic carbocycles. The average molecular weight is 368 g/mol. The number of carbonyl (C=O) groups excluding carboxylic acids is 2. The number of ether oxygens (including phenoxy) is 1. The van der Waals surface area contributed by atoms with E-state index in [2.05, 4.69) is 17.1 Å². The maximum absolute atomic E-state index is 13.4. The second kappa shape index (κ2) is 6.79. The van der Waals surface area contributed by atoms with Crippen LogP contribution in [0.1, 0.15) is 43.5 Å². The number of hydrogen-bond donors (Lipinski definition) is 1. The fourth-order valence-corrected chi connectivity index (χ4v) is 5.48. The molecule has 4 atom stereocenters. The molecule has 1 spiro atoms. The lowest BCUT2D eigenvalue weighted by atomic mass is 9.71. The van der Waals surface area contributed by atoms with Crippen LogP contribution < -0.4 is 5.32 Å². The molecular formula is C22H28N2O3. The SMILES string of the molecule is CC[C@@H]1CN2CC[C@]3(Nc4ccccc4C3=O)C2C[C@@H]1/C(=C\OC)C(C)=O. The third-order valence-corrected chi connectivity index (χ3v) is 6.83. The highest BCUT2D eigenvalue weighted by Crippen LogP contribution is 2.48. The van der Waals surface area contributed by atoms with E-state index in [0.29, 0.717) is 5.92 Å². The summed E-state index contributed by atoms with van der Waals surface area (Å²) in [4.78, 5) is 28.1. The van der Waals surface area contributed by atoms with E-state index >= 15 is 0 Å². The zero-order chi connectivity index (χ0) is 19.2. The Hall–Kier alpha value is -2.14. The van der Waals surface area contributed by atoms with Crippen LogP contribution in [-0.2, 0) is 9.53 Å². The third kappa shape index (κ3) is 2.71. The molecule has 2 fully saturated rings. The minimum Gasteiger partial charge on any atom is -0.504 e. The number of para-hydroxylation sites is 1. The van der Waals surface area contributed by atoms with Crippen LogP contribution in [0.15, 0.2) is 36.1 Å². The lowest BCUT2D eigenvalue weighted by molar-refractivity contribution is -0.114. The molecule has 1 N–H and O–H groups in total. The Morgan fingerprint density at radius 1 is 1.41 bits per heavy atom. The molecule has 0 aromatic heterocycles. The van der Waals surface area contributed by atoms with Crippen molar-refractivity contribution in [3.8, 4) is 0 Å². The Bertz CT molecular complexity index is 803. The van der Waals surface area contributed by atoms with Crippen LogP contribution in [0, 0.1) is 11.8 Å². The van der Waals surface area contributed by atoms with E-state index in [1.165, 1.54) is 0 Å². The molecule has 0 bridgehead atoms. The number of nitrogens with one attached hydrogen (secondary N) is 1. The summed E-state index contributed by atoms with van der Waals surface area (Å²) in [5.41, 5.74) is 1.94. The molecule has 3 aliphatic heterocycles. The third-order valence-electron chi connectivity index (χ3n) is 6.83. The van der Waals surface area contributed by atoms with Crippen molar-refractivity contribution in [1.82, 2.24) is 4.90 Å². The van der Waals surface area contributed by atoms with Crippen LogP contribution in [0.2, 0.25) is 0 Å². The number of nitrogens with zero attached hydrogens (tertiary/aromatic N) is 1. The van der Waals surface area contributed by atoms with Gasteiger partial charge in [0.2, 0.25) is 0 Å². The van der Waals surface area contributed by atoms with Crippen LogP contribution in [0.3, 0.4) is 0 Å². The summed E-state index contributed by atoms with van der Waals surface area (Å²) in [7, 11) is 1.59. The highest BCUT2D eigenvalue weighted by atomic mass is 16.5. The maximum Gasteiger partial charge on any atom is 0.191 e. The number of methoxy groups -OCH3 is 1. The Morgan fingerprint density at radius 2 is 2.19 bits per heavy atom. The molecule has 0 amide bonds. The summed E-state index contributed by atoms with van der Waals surface area (Å²) in [6.45, 7) is 5.64. The van der Waals surface area contributed by atoms with Gasteiger partial charge in [-0.3, -0.25) is 14.5 Å². The van der Waals surface area contributed by atoms with Crippen molar-refractivity contribution in [2.75, 3.05) is 25.5 Å². The number of carbonyl (C=O) groups is 2. The molecule has 0 saturated carbocycles. The second-order valence-corrected chi connectivity index (χ2v) is 8.11. The number of Topliss-reactive ketones (excluding diaryl/α,β-unsaturated/α-hetero) is 2. The molecule has 2 saturated heterocycles. The molecule has 1 unspecified atom stereocenters. The first-order valence-electron chi connectivity index (χ1n) is 9.91. The van der Waals surface area contributed by atoms with Gasteiger partial charge in [0.25, 0.3) is 0 Å². The normalized spacial score (nSPS) is 32.9. The van der Waals surface area contributed by atoms with Gasteiger partial charge in [-0.2, -0.15) is 0 Å². The van der Waals surface area contributed by atoms with Crippen LogP contribution >= 0.6 is 0 Å². The van der Waals surface area contributed by atoms with Crippen molar-refractivity contribution in [1.29, 1.82) is 0 Å². The van der Waals surface area contributed by atoms with E-state index in [4.69, 9.17) is 4.74 Å². The molecule has 144 valence electrons. The summed E-state index contributed by atoms with van der Waals surface area (Å²) in [6, 6.07) is 7.91. The topological polar surface area (TPSA) is 58.6 Å². The Kier molecular flexibility index (Phi) is 4.58. The standard InChI is InChI=1S/C22H28N2O3/c1-4-15-12-24-10-9-22(21(26)16-7-5-6-8-19(16)23-22)20(24)11-17(15)18(13-27-3)14(2)25/h5-8,13,15,17,20,23H,4,9-12H2,1-3H3/b18-13-/t15-,17+,20?,22+/m1/s1. The average Bonchev–Trinajstić information content (AvgIpc) is 3.17. The van der Waals surface area contributed by atoms with Gasteiger partial charge in [-0.1, -0.05) is 25.5 Å². The Labute approximate surface area is 160 Å². The molecule has 3 aliphatic rings. The maximum atomic E-state index is 13.4. The number of rotatable bonds is 4. The zero-order valence-corrected chi connectivity index (χ0v) is 16.3. The number of piperidine rings is 1. The molecule has 5 heteroatoms. The van der Waals surface area contributed by atoms with E-state index < -0.39 is 5.54 Å². The van der Waals surface area contributed by atoms with Crippen molar-refractivity contribution >= 4 is 17.3 Å². The lowest BCUT2D eigenvalue weighted by Gasteiger charge is -2.45. The summed E-state index contributed by atoms with van der Waals surface area (Å²) in [6.07, 6.45) is 4.25. The number of fused-ring (bicyclic) bond motifs is 3. The predicted molar refractivity (Wildman–Crippen MR) is 105 cm³/mol. The van der Waals surface area contributed by atoms with Gasteiger partial charge in [-0.25, -0.2) is 0 Å². The smallest absolute Gasteiger partial charge is 0.191 e. The van der Waals surface area contributed by atoms with Gasteiger partial charge in [0.15, 0.2) is 11.6 Å². The quantitative estimate of drug-likeness (QED) is 0.653. The monoisotopic (exact) mass is 368 g/mol. The van der Waals surface area contributed by atoms with E-state index in [1.54, 1.807) is 20.3 Å². The van der Waals surface area contributed by atoms with Gasteiger partial charge in [0, 0.05) is 36.0 Å². The lowest BCUT2D eigenvalue weighted by Crippen LogP contribution is -2.57. The van der Waals surface area contributed by atoms with E-state index in [-0.39, 0.29) is 23.5 Å². The van der Waals surface area contributed by atoms with Crippen LogP contribution in [0.5, 0.6) is 0 Å². The van der Waals surface area contributed by atoms with E-state index in [0.717, 1.165) is 49.2 Å². The van der Waals surface area contributed by atoms with Gasteiger partial charge in [0.05, 0.1) is 13.4 Å². The van der Waals surface area contributed by atoms with Crippen molar-refractivity contribution in [2.24, 2.45) is 11.8 Å². The largest absolute Gasteiger partial charge is 0.504 e. The van der Waals surface area contributed by atoms with Gasteiger partial charge in [0.1, 0.15) is 5.54 Å². The zero-order valence-electron chi connectivity index (χ0n) is 16.3. The molecule has 5 nitrogen and oxygen atoms in total. The van der Waals surface area contributed by atoms with Crippen molar-refractivity contribution in [2.45, 2.75) is 44.7 Å². The fourth-order valence-electron chi connectivity index (χ4n) is 5.48. The molecule has 27 heavy (non-hydrogen) atoms. The van der Waals surface area contributed by atoms with Gasteiger partial charge < -0.3 is 10.1 Å². The minimum atomic E-state index is -0.560. The van der Waals surface area contributed by atoms with Gasteiger partial charge >= 0.3 is 0 Å². The first-order chi connectivity index (χ1) is 13.0. The van der Waals surface area contributed by atoms with E-state index in [1.807, 2.05) is 24.3 Å². The number of benzene rings is 1. The summed E-state index contributed by atoms with van der Waals surface area (Å²) >= 11 is 0. The summed E-state index contributed by atoms with van der Waals surface area (Å²) < 4.78 is 5.23. The summed E-state index contributed by atoms with van der Waals surface area (Å²) in [5, 5.41) is 3.59. The van der Waals surface area contributed by atoms with Crippen molar-refractivity contribution < 1.29 is 14.3 Å². The minimum absolute atomic E-state index is 0.0646. The molecular weight excluding hydrogens is 340 g/mol. The number of ketones is 2. The molecule has 3 heterocycles. The summed E-state index contributed by atoms with van der Waals surface area (Å²) in [5.74, 6) is 0.803. The van der Waals surface area contributed by atoms with Crippen LogP contribution in [0.25, 0.3) is 0 Å². The number of allylic oxidation sites excluding steroid dienone is 1. The predicted octanol–water partition coefficient (Wildman–Crippen LogP) is 3.27. The molecule has 1 aromatic rings. The Morgan fingerprint density at radius 3 is 2.85 bits per heavy atom. The second-order valence-electron chi connectivity index (χ2n) is 8.11. The van der Waals surface area contributed by atoms with Gasteiger partial charge in [-0.15, -0.1) is 0 Å². The first-order valence-corrected chi connectivity index (χ1v) is 9.91. The first kappa shape index (κ1) is 18.2. The van der Waals surface area contributed by atoms with Crippen molar-refractivity contribution in [3.05, 3.63) is 41.7 Å². The van der Waals surface area contributed by atoms with E-state index in [9.17, 15) is 9.59 Å². The van der Waals surface area contributed by atoms with Crippen molar-refractivity contribution in [3.63, 3.8) is 0 Å². The molecule has 1 aromatic carbocycles. The fraction of sp³-hybridized carbons (Fsp3) is 0.545. The number of anilines is 1. The molecule has 4 rings (SSSR count). The number of hydrogen-bond acceptors (Lipinski definition) is 5. The van der Waals surface area contributed by atoms with Gasteiger partial charge in [-0.05, 0) is 43.7 Å². The Balaban J connectivity index is 1.69. The highest BCUT2D eigenvalue weighted by molar-refractivity contribution is 6.14. The molecule has 0 radical (unpaired) electrons.